The Morgan fingerprint density at radius 3 is 2.10 bits per heavy atom. The van der Waals surface area contributed by atoms with E-state index in [0.29, 0.717) is 0 Å². The molecule has 2 aromatic rings. The molecule has 21 heavy (non-hydrogen) atoms. The van der Waals surface area contributed by atoms with E-state index >= 15 is 0 Å². The zero-order valence-corrected chi connectivity index (χ0v) is 13.2. The molecule has 0 aromatic heterocycles. The fourth-order valence-corrected chi connectivity index (χ4v) is 2.85. The van der Waals surface area contributed by atoms with Gasteiger partial charge < -0.3 is 4.74 Å². The molecule has 0 aliphatic heterocycles. The van der Waals surface area contributed by atoms with Crippen LogP contribution in [0.4, 0.5) is 0 Å². The molecule has 3 nitrogen and oxygen atoms in total. The van der Waals surface area contributed by atoms with Crippen molar-refractivity contribution >= 4 is 0 Å². The largest absolute Gasteiger partial charge is 0.497 e. The van der Waals surface area contributed by atoms with Crippen LogP contribution in [0.25, 0.3) is 0 Å². The van der Waals surface area contributed by atoms with Crippen LogP contribution >= 0.6 is 0 Å². The van der Waals surface area contributed by atoms with E-state index in [1.54, 1.807) is 7.11 Å². The van der Waals surface area contributed by atoms with Crippen LogP contribution in [0.5, 0.6) is 5.75 Å². The molecule has 2 aromatic carbocycles. The molecule has 1 atom stereocenters. The lowest BCUT2D eigenvalue weighted by atomic mass is 9.92. The molecule has 0 aliphatic carbocycles. The highest BCUT2D eigenvalue weighted by Gasteiger charge is 2.14. The Hall–Kier alpha value is -1.84. The first kappa shape index (κ1) is 15.5. The number of aryl methyl sites for hydroxylation is 3. The Bertz CT molecular complexity index is 582. The van der Waals surface area contributed by atoms with Crippen LogP contribution in [0, 0.1) is 20.8 Å². The molecule has 0 saturated carbocycles. The molecule has 3 heteroatoms. The summed E-state index contributed by atoms with van der Waals surface area (Å²) < 4.78 is 5.20. The van der Waals surface area contributed by atoms with Gasteiger partial charge in [0.2, 0.25) is 0 Å². The second-order valence-corrected chi connectivity index (χ2v) is 5.57. The molecule has 0 bridgehead atoms. The summed E-state index contributed by atoms with van der Waals surface area (Å²) in [5.41, 5.74) is 9.40. The minimum absolute atomic E-state index is 0.0935. The molecule has 112 valence electrons. The van der Waals surface area contributed by atoms with Gasteiger partial charge in [-0.1, -0.05) is 29.8 Å². The van der Waals surface area contributed by atoms with Gasteiger partial charge in [0.15, 0.2) is 0 Å². The Labute approximate surface area is 127 Å². The third-order valence-electron chi connectivity index (χ3n) is 3.97. The number of benzene rings is 2. The third kappa shape index (κ3) is 3.63. The molecule has 0 amide bonds. The van der Waals surface area contributed by atoms with Crippen molar-refractivity contribution in [3.8, 4) is 5.75 Å². The molecule has 0 saturated heterocycles. The second-order valence-electron chi connectivity index (χ2n) is 5.57. The van der Waals surface area contributed by atoms with Crippen LogP contribution in [0.15, 0.2) is 36.4 Å². The maximum absolute atomic E-state index is 5.77. The van der Waals surface area contributed by atoms with Gasteiger partial charge in [0.05, 0.1) is 13.2 Å². The van der Waals surface area contributed by atoms with E-state index < -0.39 is 0 Å². The molecule has 0 fully saturated rings. The van der Waals surface area contributed by atoms with Gasteiger partial charge in [-0.15, -0.1) is 0 Å². The van der Waals surface area contributed by atoms with Gasteiger partial charge in [-0.25, -0.2) is 0 Å². The van der Waals surface area contributed by atoms with Crippen LogP contribution in [0.1, 0.15) is 33.9 Å². The lowest BCUT2D eigenvalue weighted by Crippen LogP contribution is -2.30. The van der Waals surface area contributed by atoms with Gasteiger partial charge in [-0.2, -0.15) is 0 Å². The molecular weight excluding hydrogens is 260 g/mol. The number of methoxy groups -OCH3 is 1. The normalized spacial score (nSPS) is 12.2. The smallest absolute Gasteiger partial charge is 0.118 e. The third-order valence-corrected chi connectivity index (χ3v) is 3.97. The van der Waals surface area contributed by atoms with E-state index in [0.717, 1.165) is 17.7 Å². The Kier molecular flexibility index (Phi) is 4.99. The van der Waals surface area contributed by atoms with Crippen molar-refractivity contribution in [3.05, 3.63) is 64.2 Å². The molecular formula is C18H24N2O. The SMILES string of the molecule is COc1ccc(C(Cc2c(C)cc(C)cc2C)NN)cc1. The van der Waals surface area contributed by atoms with Crippen LogP contribution in [0.3, 0.4) is 0 Å². The van der Waals surface area contributed by atoms with Crippen LogP contribution in [0.2, 0.25) is 0 Å². The lowest BCUT2D eigenvalue weighted by Gasteiger charge is -2.20. The quantitative estimate of drug-likeness (QED) is 0.653. The first-order chi connectivity index (χ1) is 10.0. The molecule has 2 rings (SSSR count). The maximum Gasteiger partial charge on any atom is 0.118 e. The summed E-state index contributed by atoms with van der Waals surface area (Å²) in [4.78, 5) is 0. The van der Waals surface area contributed by atoms with Gasteiger partial charge in [-0.3, -0.25) is 11.3 Å². The van der Waals surface area contributed by atoms with E-state index in [2.05, 4.69) is 50.5 Å². The Morgan fingerprint density at radius 2 is 1.62 bits per heavy atom. The van der Waals surface area contributed by atoms with Gasteiger partial charge >= 0.3 is 0 Å². The number of nitrogens with one attached hydrogen (secondary N) is 1. The Morgan fingerprint density at radius 1 is 1.05 bits per heavy atom. The molecule has 0 radical (unpaired) electrons. The fourth-order valence-electron chi connectivity index (χ4n) is 2.85. The molecule has 3 N–H and O–H groups in total. The average Bonchev–Trinajstić information content (AvgIpc) is 2.47. The topological polar surface area (TPSA) is 47.3 Å². The van der Waals surface area contributed by atoms with E-state index in [1.165, 1.54) is 22.3 Å². The molecule has 0 aliphatic rings. The number of nitrogens with two attached hydrogens (primary N) is 1. The van der Waals surface area contributed by atoms with Gasteiger partial charge in [0.25, 0.3) is 0 Å². The van der Waals surface area contributed by atoms with Crippen molar-refractivity contribution in [3.63, 3.8) is 0 Å². The number of ether oxygens (including phenoxy) is 1. The van der Waals surface area contributed by atoms with Crippen molar-refractivity contribution in [1.82, 2.24) is 5.43 Å². The summed E-state index contributed by atoms with van der Waals surface area (Å²) in [6.07, 6.45) is 0.876. The highest BCUT2D eigenvalue weighted by molar-refractivity contribution is 5.39. The van der Waals surface area contributed by atoms with Crippen LogP contribution < -0.4 is 16.0 Å². The fraction of sp³-hybridized carbons (Fsp3) is 0.333. The van der Waals surface area contributed by atoms with E-state index in [1.807, 2.05) is 12.1 Å². The van der Waals surface area contributed by atoms with Crippen molar-refractivity contribution in [2.24, 2.45) is 5.84 Å². The predicted molar refractivity (Wildman–Crippen MR) is 87.4 cm³/mol. The summed E-state index contributed by atoms with van der Waals surface area (Å²) in [5, 5.41) is 0. The lowest BCUT2D eigenvalue weighted by molar-refractivity contribution is 0.414. The zero-order valence-electron chi connectivity index (χ0n) is 13.2. The number of hydrogen-bond donors (Lipinski definition) is 2. The van der Waals surface area contributed by atoms with Gasteiger partial charge in [0, 0.05) is 0 Å². The van der Waals surface area contributed by atoms with Crippen molar-refractivity contribution < 1.29 is 4.74 Å². The minimum atomic E-state index is 0.0935. The van der Waals surface area contributed by atoms with Gasteiger partial charge in [0.1, 0.15) is 5.75 Å². The minimum Gasteiger partial charge on any atom is -0.497 e. The highest BCUT2D eigenvalue weighted by Crippen LogP contribution is 2.25. The van der Waals surface area contributed by atoms with Crippen LogP contribution in [-0.4, -0.2) is 7.11 Å². The van der Waals surface area contributed by atoms with E-state index in [-0.39, 0.29) is 6.04 Å². The number of hydrogen-bond acceptors (Lipinski definition) is 3. The monoisotopic (exact) mass is 284 g/mol. The number of rotatable bonds is 5. The van der Waals surface area contributed by atoms with Crippen LogP contribution in [-0.2, 0) is 6.42 Å². The summed E-state index contributed by atoms with van der Waals surface area (Å²) in [6, 6.07) is 12.6. The summed E-state index contributed by atoms with van der Waals surface area (Å²) in [5.74, 6) is 6.63. The molecule has 0 spiro atoms. The highest BCUT2D eigenvalue weighted by atomic mass is 16.5. The summed E-state index contributed by atoms with van der Waals surface area (Å²) in [6.45, 7) is 6.46. The van der Waals surface area contributed by atoms with E-state index in [9.17, 15) is 0 Å². The van der Waals surface area contributed by atoms with E-state index in [4.69, 9.17) is 10.6 Å². The second kappa shape index (κ2) is 6.74. The Balaban J connectivity index is 2.26. The number of hydrazine groups is 1. The first-order valence-electron chi connectivity index (χ1n) is 7.22. The van der Waals surface area contributed by atoms with Gasteiger partial charge in [-0.05, 0) is 61.6 Å². The zero-order chi connectivity index (χ0) is 15.4. The van der Waals surface area contributed by atoms with Crippen molar-refractivity contribution in [2.45, 2.75) is 33.2 Å². The predicted octanol–water partition coefficient (Wildman–Crippen LogP) is 3.37. The first-order valence-corrected chi connectivity index (χ1v) is 7.22. The summed E-state index contributed by atoms with van der Waals surface area (Å²) in [7, 11) is 1.67. The van der Waals surface area contributed by atoms with Crippen molar-refractivity contribution in [2.75, 3.05) is 7.11 Å². The maximum atomic E-state index is 5.77. The average molecular weight is 284 g/mol. The van der Waals surface area contributed by atoms with Crippen molar-refractivity contribution in [1.29, 1.82) is 0 Å². The molecule has 0 heterocycles. The standard InChI is InChI=1S/C18H24N2O/c1-12-9-13(2)17(14(3)10-12)11-18(20-19)15-5-7-16(21-4)8-6-15/h5-10,18,20H,11,19H2,1-4H3. The summed E-state index contributed by atoms with van der Waals surface area (Å²) >= 11 is 0. The molecule has 1 unspecified atom stereocenters.